The van der Waals surface area contributed by atoms with E-state index in [9.17, 15) is 14.4 Å². The van der Waals surface area contributed by atoms with E-state index in [-0.39, 0.29) is 0 Å². The Hall–Kier alpha value is -2.75. The molecule has 0 saturated heterocycles. The molecule has 0 aromatic heterocycles. The summed E-state index contributed by atoms with van der Waals surface area (Å²) in [5, 5.41) is 0. The van der Waals surface area contributed by atoms with Crippen LogP contribution in [0.4, 0.5) is 0 Å². The summed E-state index contributed by atoms with van der Waals surface area (Å²) < 4.78 is 4.53. The van der Waals surface area contributed by atoms with Gasteiger partial charge in [-0.05, 0) is 18.1 Å². The second-order valence-corrected chi connectivity index (χ2v) is 4.87. The van der Waals surface area contributed by atoms with Gasteiger partial charge in [0.15, 0.2) is 17.5 Å². The topological polar surface area (TPSA) is 60.4 Å². The van der Waals surface area contributed by atoms with Gasteiger partial charge in [-0.25, -0.2) is 0 Å². The Kier molecular flexibility index (Phi) is 4.84. The molecule has 112 valence electrons. The normalized spacial score (nSPS) is 11.5. The van der Waals surface area contributed by atoms with Gasteiger partial charge in [0.25, 0.3) is 0 Å². The number of carbonyl (C=O) groups excluding carboxylic acids is 3. The van der Waals surface area contributed by atoms with E-state index in [4.69, 9.17) is 0 Å². The zero-order valence-corrected chi connectivity index (χ0v) is 12.4. The van der Waals surface area contributed by atoms with Crippen LogP contribution in [0.15, 0.2) is 54.6 Å². The molecule has 0 aliphatic carbocycles. The minimum atomic E-state index is -1.40. The smallest absolute Gasteiger partial charge is 0.324 e. The van der Waals surface area contributed by atoms with Crippen LogP contribution in [0.5, 0.6) is 0 Å². The molecule has 0 spiro atoms. The number of methoxy groups -OCH3 is 1. The lowest BCUT2D eigenvalue weighted by molar-refractivity contribution is -0.146. The highest BCUT2D eigenvalue weighted by atomic mass is 16.5. The zero-order valence-electron chi connectivity index (χ0n) is 12.4. The van der Waals surface area contributed by atoms with Gasteiger partial charge in [0.2, 0.25) is 0 Å². The van der Waals surface area contributed by atoms with Gasteiger partial charge >= 0.3 is 5.97 Å². The first-order valence-corrected chi connectivity index (χ1v) is 6.82. The van der Waals surface area contributed by atoms with Gasteiger partial charge in [0.1, 0.15) is 0 Å². The average Bonchev–Trinajstić information content (AvgIpc) is 2.55. The van der Waals surface area contributed by atoms with Crippen molar-refractivity contribution in [2.75, 3.05) is 7.11 Å². The SMILES string of the molecule is COC(=O)[C@@H](C(C)=O)C(=O)c1ccc(-c2ccccc2)cc1. The first-order chi connectivity index (χ1) is 10.5. The summed E-state index contributed by atoms with van der Waals surface area (Å²) in [5.74, 6) is -3.29. The van der Waals surface area contributed by atoms with Crippen LogP contribution in [0.2, 0.25) is 0 Å². The molecule has 0 unspecified atom stereocenters. The first-order valence-electron chi connectivity index (χ1n) is 6.82. The van der Waals surface area contributed by atoms with E-state index in [1.54, 1.807) is 24.3 Å². The average molecular weight is 296 g/mol. The Morgan fingerprint density at radius 3 is 1.91 bits per heavy atom. The summed E-state index contributed by atoms with van der Waals surface area (Å²) in [6.45, 7) is 1.21. The number of benzene rings is 2. The van der Waals surface area contributed by atoms with Crippen LogP contribution < -0.4 is 0 Å². The van der Waals surface area contributed by atoms with Crippen molar-refractivity contribution in [2.24, 2.45) is 5.92 Å². The highest BCUT2D eigenvalue weighted by Crippen LogP contribution is 2.21. The van der Waals surface area contributed by atoms with Gasteiger partial charge in [-0.2, -0.15) is 0 Å². The molecule has 0 fully saturated rings. The van der Waals surface area contributed by atoms with E-state index in [0.29, 0.717) is 5.56 Å². The lowest BCUT2D eigenvalue weighted by Gasteiger charge is -2.11. The van der Waals surface area contributed by atoms with Crippen molar-refractivity contribution in [2.45, 2.75) is 6.92 Å². The van der Waals surface area contributed by atoms with E-state index >= 15 is 0 Å². The van der Waals surface area contributed by atoms with Crippen molar-refractivity contribution in [3.63, 3.8) is 0 Å². The molecule has 4 nitrogen and oxygen atoms in total. The zero-order chi connectivity index (χ0) is 16.1. The summed E-state index contributed by atoms with van der Waals surface area (Å²) in [6, 6.07) is 16.5. The van der Waals surface area contributed by atoms with Crippen molar-refractivity contribution in [3.8, 4) is 11.1 Å². The van der Waals surface area contributed by atoms with Crippen molar-refractivity contribution in [1.29, 1.82) is 0 Å². The predicted molar refractivity (Wildman–Crippen MR) is 82.4 cm³/mol. The lowest BCUT2D eigenvalue weighted by Crippen LogP contribution is -2.31. The summed E-state index contributed by atoms with van der Waals surface area (Å²) in [5.41, 5.74) is 2.29. The van der Waals surface area contributed by atoms with Crippen LogP contribution in [0.1, 0.15) is 17.3 Å². The Labute approximate surface area is 128 Å². The number of hydrogen-bond acceptors (Lipinski definition) is 4. The summed E-state index contributed by atoms with van der Waals surface area (Å²) in [6.07, 6.45) is 0. The summed E-state index contributed by atoms with van der Waals surface area (Å²) >= 11 is 0. The fourth-order valence-electron chi connectivity index (χ4n) is 2.20. The third-order valence-electron chi connectivity index (χ3n) is 3.38. The van der Waals surface area contributed by atoms with E-state index in [0.717, 1.165) is 18.2 Å². The number of carbonyl (C=O) groups is 3. The maximum Gasteiger partial charge on any atom is 0.324 e. The Balaban J connectivity index is 2.28. The third-order valence-corrected chi connectivity index (χ3v) is 3.38. The minimum absolute atomic E-state index is 0.310. The summed E-state index contributed by atoms with van der Waals surface area (Å²) in [7, 11) is 1.16. The highest BCUT2D eigenvalue weighted by molar-refractivity contribution is 6.22. The molecule has 4 heteroatoms. The van der Waals surface area contributed by atoms with E-state index in [1.165, 1.54) is 6.92 Å². The van der Waals surface area contributed by atoms with Crippen LogP contribution in [-0.4, -0.2) is 24.6 Å². The second-order valence-electron chi connectivity index (χ2n) is 4.87. The van der Waals surface area contributed by atoms with Crippen molar-refractivity contribution in [1.82, 2.24) is 0 Å². The van der Waals surface area contributed by atoms with Crippen LogP contribution in [0.3, 0.4) is 0 Å². The fraction of sp³-hybridized carbons (Fsp3) is 0.167. The van der Waals surface area contributed by atoms with Crippen molar-refractivity contribution in [3.05, 3.63) is 60.2 Å². The van der Waals surface area contributed by atoms with Gasteiger partial charge in [-0.1, -0.05) is 54.6 Å². The van der Waals surface area contributed by atoms with E-state index in [2.05, 4.69) is 4.74 Å². The number of rotatable bonds is 5. The van der Waals surface area contributed by atoms with Crippen LogP contribution >= 0.6 is 0 Å². The number of hydrogen-bond donors (Lipinski definition) is 0. The molecule has 22 heavy (non-hydrogen) atoms. The Bertz CT molecular complexity index is 687. The molecule has 0 saturated carbocycles. The highest BCUT2D eigenvalue weighted by Gasteiger charge is 2.32. The molecule has 0 aliphatic heterocycles. The van der Waals surface area contributed by atoms with Crippen LogP contribution in [0, 0.1) is 5.92 Å². The molecule has 0 heterocycles. The van der Waals surface area contributed by atoms with Crippen molar-refractivity contribution < 1.29 is 19.1 Å². The molecule has 0 amide bonds. The number of esters is 1. The fourth-order valence-corrected chi connectivity index (χ4v) is 2.20. The Morgan fingerprint density at radius 1 is 0.864 bits per heavy atom. The molecule has 0 bridgehead atoms. The maximum atomic E-state index is 12.3. The van der Waals surface area contributed by atoms with Crippen LogP contribution in [0.25, 0.3) is 11.1 Å². The molecule has 1 atom stereocenters. The van der Waals surface area contributed by atoms with Gasteiger partial charge < -0.3 is 4.74 Å². The number of ketones is 2. The minimum Gasteiger partial charge on any atom is -0.468 e. The van der Waals surface area contributed by atoms with Gasteiger partial charge in [-0.15, -0.1) is 0 Å². The second kappa shape index (κ2) is 6.80. The monoisotopic (exact) mass is 296 g/mol. The molecule has 0 N–H and O–H groups in total. The standard InChI is InChI=1S/C18H16O4/c1-12(19)16(18(21)22-2)17(20)15-10-8-14(9-11-15)13-6-4-3-5-7-13/h3-11,16H,1-2H3/t16-/m0/s1. The molecular weight excluding hydrogens is 280 g/mol. The number of ether oxygens (including phenoxy) is 1. The lowest BCUT2D eigenvalue weighted by atomic mass is 9.93. The van der Waals surface area contributed by atoms with E-state index < -0.39 is 23.5 Å². The third kappa shape index (κ3) is 3.28. The van der Waals surface area contributed by atoms with Crippen LogP contribution in [-0.2, 0) is 14.3 Å². The molecule has 2 aromatic rings. The largest absolute Gasteiger partial charge is 0.468 e. The molecule has 0 aliphatic rings. The Morgan fingerprint density at radius 2 is 1.41 bits per heavy atom. The van der Waals surface area contributed by atoms with Gasteiger partial charge in [0.05, 0.1) is 7.11 Å². The number of Topliss-reactive ketones (excluding diaryl/α,β-unsaturated/α-hetero) is 2. The van der Waals surface area contributed by atoms with Crippen molar-refractivity contribution >= 4 is 17.5 Å². The quantitative estimate of drug-likeness (QED) is 0.483. The molecule has 2 aromatic carbocycles. The maximum absolute atomic E-state index is 12.3. The van der Waals surface area contributed by atoms with Gasteiger partial charge in [-0.3, -0.25) is 14.4 Å². The first kappa shape index (κ1) is 15.6. The van der Waals surface area contributed by atoms with Gasteiger partial charge in [0, 0.05) is 5.56 Å². The molecule has 2 rings (SSSR count). The van der Waals surface area contributed by atoms with E-state index in [1.807, 2.05) is 30.3 Å². The summed E-state index contributed by atoms with van der Waals surface area (Å²) in [4.78, 5) is 35.4. The molecule has 0 radical (unpaired) electrons. The predicted octanol–water partition coefficient (Wildman–Crippen LogP) is 2.91. The molecular formula is C18H16O4.